The van der Waals surface area contributed by atoms with Crippen molar-refractivity contribution in [3.63, 3.8) is 0 Å². The first-order chi connectivity index (χ1) is 20.4. The second kappa shape index (κ2) is 19.1. The van der Waals surface area contributed by atoms with Crippen LogP contribution < -0.4 is 20.3 Å². The highest BCUT2D eigenvalue weighted by Crippen LogP contribution is 2.19. The molecule has 0 aliphatic rings. The van der Waals surface area contributed by atoms with E-state index in [0.29, 0.717) is 11.5 Å². The van der Waals surface area contributed by atoms with Crippen LogP contribution in [-0.4, -0.2) is 82.6 Å². The number of aliphatic carboxylic acids is 1. The number of carbonyl (C=O) groups is 2. The summed E-state index contributed by atoms with van der Waals surface area (Å²) in [4.78, 5) is 21.5. The lowest BCUT2D eigenvalue weighted by Gasteiger charge is -2.16. The number of nitrogens with zero attached hydrogens (tertiary/aromatic N) is 1. The number of sulfonamides is 1. The molecule has 0 spiro atoms. The molecule has 13 nitrogen and oxygen atoms in total. The monoisotopic (exact) mass is 637 g/mol. The molecule has 0 saturated carbocycles. The maximum absolute atomic E-state index is 12.2. The molecule has 0 aliphatic heterocycles. The van der Waals surface area contributed by atoms with Gasteiger partial charge in [-0.3, -0.25) is 14.8 Å². The molecule has 0 unspecified atom stereocenters. The van der Waals surface area contributed by atoms with E-state index in [2.05, 4.69) is 29.0 Å². The summed E-state index contributed by atoms with van der Waals surface area (Å²) in [7, 11) is -5.84. The van der Waals surface area contributed by atoms with Crippen LogP contribution in [0, 0.1) is 23.7 Å². The highest BCUT2D eigenvalue weighted by Gasteiger charge is 2.21. The number of amides is 1. The Morgan fingerprint density at radius 1 is 0.837 bits per heavy atom. The fraction of sp³-hybridized carbons (Fsp3) is 0.357. The van der Waals surface area contributed by atoms with Gasteiger partial charge in [0.25, 0.3) is 0 Å². The van der Waals surface area contributed by atoms with Gasteiger partial charge < -0.3 is 19.9 Å². The number of carboxylic acid groups (broad SMARTS) is 1. The lowest BCUT2D eigenvalue weighted by molar-refractivity contribution is -0.137. The number of benzene rings is 2. The van der Waals surface area contributed by atoms with E-state index in [1.54, 1.807) is 26.0 Å². The number of carbonyl (C=O) groups excluding carboxylic acids is 1. The van der Waals surface area contributed by atoms with Crippen molar-refractivity contribution in [2.75, 3.05) is 39.2 Å². The molecule has 43 heavy (non-hydrogen) atoms. The number of rotatable bonds is 15. The summed E-state index contributed by atoms with van der Waals surface area (Å²) in [6.45, 7) is 3.95. The summed E-state index contributed by atoms with van der Waals surface area (Å²) in [5, 5.41) is 19.5. The lowest BCUT2D eigenvalue weighted by atomic mass is 10.3. The topological polar surface area (TPSA) is 189 Å². The van der Waals surface area contributed by atoms with Crippen molar-refractivity contribution in [3.05, 3.63) is 48.5 Å². The summed E-state index contributed by atoms with van der Waals surface area (Å²) in [6, 6.07) is 11.9. The molecule has 0 heterocycles. The van der Waals surface area contributed by atoms with Gasteiger partial charge in [-0.05, 0) is 62.4 Å². The Labute approximate surface area is 252 Å². The van der Waals surface area contributed by atoms with Crippen LogP contribution >= 0.6 is 0 Å². The number of sulfone groups is 1. The number of nitrogens with one attached hydrogen (secondary N) is 2. The summed E-state index contributed by atoms with van der Waals surface area (Å²) in [6.07, 6.45) is -0.260. The molecule has 0 saturated heterocycles. The molecule has 15 heteroatoms. The predicted molar refractivity (Wildman–Crippen MR) is 157 cm³/mol. The van der Waals surface area contributed by atoms with Gasteiger partial charge >= 0.3 is 5.97 Å². The Kier molecular flexibility index (Phi) is 16.4. The summed E-state index contributed by atoms with van der Waals surface area (Å²) < 4.78 is 60.1. The van der Waals surface area contributed by atoms with Gasteiger partial charge in [0.2, 0.25) is 15.9 Å². The number of hydrogen-bond acceptors (Lipinski definition) is 10. The maximum Gasteiger partial charge on any atom is 0.304 e. The quantitative estimate of drug-likeness (QED) is 0.0959. The van der Waals surface area contributed by atoms with Crippen LogP contribution in [0.2, 0.25) is 0 Å². The van der Waals surface area contributed by atoms with Crippen molar-refractivity contribution in [1.82, 2.24) is 15.1 Å². The average molecular weight is 638 g/mol. The van der Waals surface area contributed by atoms with E-state index in [9.17, 15) is 26.4 Å². The smallest absolute Gasteiger partial charge is 0.304 e. The van der Waals surface area contributed by atoms with Crippen LogP contribution in [0.4, 0.5) is 0 Å². The van der Waals surface area contributed by atoms with Crippen LogP contribution in [0.3, 0.4) is 0 Å². The molecule has 234 valence electrons. The molecule has 0 fully saturated rings. The van der Waals surface area contributed by atoms with Gasteiger partial charge in [-0.15, -0.1) is 11.8 Å². The van der Waals surface area contributed by atoms with Crippen LogP contribution in [0.5, 0.6) is 11.5 Å². The predicted octanol–water partition coefficient (Wildman–Crippen LogP) is 1.49. The van der Waals surface area contributed by atoms with Gasteiger partial charge in [0, 0.05) is 26.6 Å². The zero-order valence-electron chi connectivity index (χ0n) is 24.0. The first kappa shape index (κ1) is 36.9. The van der Waals surface area contributed by atoms with Gasteiger partial charge in [0.15, 0.2) is 9.84 Å². The fourth-order valence-electron chi connectivity index (χ4n) is 2.94. The van der Waals surface area contributed by atoms with E-state index in [1.807, 2.05) is 0 Å². The van der Waals surface area contributed by atoms with Crippen molar-refractivity contribution >= 4 is 31.7 Å². The van der Waals surface area contributed by atoms with E-state index < -0.39 is 31.7 Å². The number of hydrogen-bond donors (Lipinski definition) is 4. The zero-order chi connectivity index (χ0) is 32.3. The lowest BCUT2D eigenvalue weighted by Crippen LogP contribution is -2.29. The highest BCUT2D eigenvalue weighted by molar-refractivity contribution is 7.91. The minimum absolute atomic E-state index is 0.0166. The fourth-order valence-corrected chi connectivity index (χ4v) is 5.24. The van der Waals surface area contributed by atoms with Gasteiger partial charge in [0.05, 0.1) is 16.2 Å². The van der Waals surface area contributed by atoms with E-state index in [4.69, 9.17) is 19.8 Å². The molecule has 2 aromatic rings. The third-order valence-electron chi connectivity index (χ3n) is 5.28. The van der Waals surface area contributed by atoms with Gasteiger partial charge in [0.1, 0.15) is 30.6 Å². The van der Waals surface area contributed by atoms with Crippen LogP contribution in [0.25, 0.3) is 0 Å². The zero-order valence-corrected chi connectivity index (χ0v) is 25.6. The molecule has 0 atom stereocenters. The maximum atomic E-state index is 12.2. The van der Waals surface area contributed by atoms with Crippen LogP contribution in [-0.2, 0) is 29.4 Å². The second-order valence-corrected chi connectivity index (χ2v) is 12.4. The number of carboxylic acids is 1. The minimum Gasteiger partial charge on any atom is -0.481 e. The summed E-state index contributed by atoms with van der Waals surface area (Å²) in [5.41, 5.74) is 1.47. The molecule has 0 bridgehead atoms. The van der Waals surface area contributed by atoms with E-state index in [0.717, 1.165) is 4.31 Å². The first-order valence-electron chi connectivity index (χ1n) is 12.7. The normalized spacial score (nSPS) is 10.6. The Morgan fingerprint density at radius 2 is 1.33 bits per heavy atom. The molecule has 4 N–H and O–H groups in total. The minimum atomic E-state index is -3.69. The number of hydroxylamine groups is 1. The third kappa shape index (κ3) is 14.1. The summed E-state index contributed by atoms with van der Waals surface area (Å²) >= 11 is 0. The van der Waals surface area contributed by atoms with Crippen molar-refractivity contribution in [3.8, 4) is 35.2 Å². The Bertz CT molecular complexity index is 1520. The van der Waals surface area contributed by atoms with Gasteiger partial charge in [-0.25, -0.2) is 26.6 Å². The molecular formula is C28H35N3O10S2. The molecule has 0 aromatic heterocycles. The SMILES string of the molecule is CC#CCOc1ccc(S(=O)(=O)CNCCC(=O)NO)cc1.CC#CCOc1ccc(S(=O)(=O)N(C)CCC(=O)O)cc1. The van der Waals surface area contributed by atoms with Gasteiger partial charge in [-0.1, -0.05) is 11.8 Å². The standard InChI is InChI=1S/C14H18N2O5S.C14H17NO5S/c1-2-3-10-21-12-4-6-13(7-5-12)22(19,20)11-15-9-8-14(17)16-18;1-3-4-11-20-12-5-7-13(8-6-12)21(18,19)15(2)10-9-14(16)17/h4-7,15,18H,8-11H2,1H3,(H,16,17);5-8H,9-11H2,1-2H3,(H,16,17). The van der Waals surface area contributed by atoms with E-state index >= 15 is 0 Å². The number of ether oxygens (including phenoxy) is 2. The Balaban J connectivity index is 0.000000430. The molecule has 0 aliphatic carbocycles. The highest BCUT2D eigenvalue weighted by atomic mass is 32.2. The van der Waals surface area contributed by atoms with Crippen molar-refractivity contribution < 1.29 is 46.2 Å². The largest absolute Gasteiger partial charge is 0.481 e. The van der Waals surface area contributed by atoms with Gasteiger partial charge in [-0.2, -0.15) is 0 Å². The molecule has 1 amide bonds. The third-order valence-corrected chi connectivity index (χ3v) is 8.72. The van der Waals surface area contributed by atoms with Crippen molar-refractivity contribution in [1.29, 1.82) is 0 Å². The molecule has 0 radical (unpaired) electrons. The molecule has 2 aromatic carbocycles. The summed E-state index contributed by atoms with van der Waals surface area (Å²) in [5.74, 6) is 9.98. The molecular weight excluding hydrogens is 602 g/mol. The first-order valence-corrected chi connectivity index (χ1v) is 15.8. The molecule has 2 rings (SSSR count). The van der Waals surface area contributed by atoms with Crippen molar-refractivity contribution in [2.24, 2.45) is 0 Å². The van der Waals surface area contributed by atoms with Crippen LogP contribution in [0.15, 0.2) is 58.3 Å². The van der Waals surface area contributed by atoms with Crippen LogP contribution in [0.1, 0.15) is 26.7 Å². The Hall–Kier alpha value is -4.12. The Morgan fingerprint density at radius 3 is 1.77 bits per heavy atom. The van der Waals surface area contributed by atoms with Crippen molar-refractivity contribution in [2.45, 2.75) is 36.5 Å². The van der Waals surface area contributed by atoms with E-state index in [-0.39, 0.29) is 54.8 Å². The average Bonchev–Trinajstić information content (AvgIpc) is 2.99. The second-order valence-electron chi connectivity index (χ2n) is 8.39. The van der Waals surface area contributed by atoms with E-state index in [1.165, 1.54) is 48.9 Å².